The van der Waals surface area contributed by atoms with E-state index in [2.05, 4.69) is 10.3 Å². The third-order valence-electron chi connectivity index (χ3n) is 3.75. The van der Waals surface area contributed by atoms with Crippen LogP contribution in [0.15, 0.2) is 5.38 Å². The van der Waals surface area contributed by atoms with E-state index in [1.807, 2.05) is 19.2 Å². The van der Waals surface area contributed by atoms with E-state index in [4.69, 9.17) is 10.5 Å². The summed E-state index contributed by atoms with van der Waals surface area (Å²) in [5.41, 5.74) is 6.27. The molecular formula is C13H21N3O2S. The van der Waals surface area contributed by atoms with Gasteiger partial charge in [-0.25, -0.2) is 4.98 Å². The summed E-state index contributed by atoms with van der Waals surface area (Å²) in [5, 5.41) is 6.04. The molecule has 19 heavy (non-hydrogen) atoms. The molecule has 1 aliphatic heterocycles. The molecule has 1 aliphatic rings. The van der Waals surface area contributed by atoms with Crippen LogP contribution in [0.4, 0.5) is 0 Å². The Morgan fingerprint density at radius 2 is 2.32 bits per heavy atom. The second-order valence-electron chi connectivity index (χ2n) is 5.08. The van der Waals surface area contributed by atoms with Crippen molar-refractivity contribution >= 4 is 17.2 Å². The van der Waals surface area contributed by atoms with Gasteiger partial charge in [-0.1, -0.05) is 0 Å². The van der Waals surface area contributed by atoms with Gasteiger partial charge in [-0.05, 0) is 26.7 Å². The van der Waals surface area contributed by atoms with Gasteiger partial charge in [0.2, 0.25) is 5.91 Å². The monoisotopic (exact) mass is 283 g/mol. The minimum absolute atomic E-state index is 0.0245. The first-order valence-corrected chi connectivity index (χ1v) is 7.46. The lowest BCUT2D eigenvalue weighted by molar-refractivity contribution is -0.136. The first-order chi connectivity index (χ1) is 9.07. The molecule has 5 nitrogen and oxygen atoms in total. The minimum Gasteiger partial charge on any atom is -0.381 e. The molecule has 1 amide bonds. The number of carbonyl (C=O) groups is 1. The molecule has 1 fully saturated rings. The van der Waals surface area contributed by atoms with Gasteiger partial charge in [0, 0.05) is 25.1 Å². The van der Waals surface area contributed by atoms with Crippen LogP contribution in [0, 0.1) is 12.3 Å². The molecule has 106 valence electrons. The van der Waals surface area contributed by atoms with Crippen molar-refractivity contribution < 1.29 is 9.53 Å². The summed E-state index contributed by atoms with van der Waals surface area (Å²) >= 11 is 1.59. The molecule has 3 N–H and O–H groups in total. The summed E-state index contributed by atoms with van der Waals surface area (Å²) in [7, 11) is 0. The zero-order valence-corrected chi connectivity index (χ0v) is 12.3. The fourth-order valence-corrected chi connectivity index (χ4v) is 2.99. The Bertz CT molecular complexity index is 441. The van der Waals surface area contributed by atoms with Gasteiger partial charge in [0.15, 0.2) is 0 Å². The van der Waals surface area contributed by atoms with Crippen molar-refractivity contribution in [1.29, 1.82) is 0 Å². The lowest BCUT2D eigenvalue weighted by Gasteiger charge is -2.35. The molecule has 0 radical (unpaired) electrons. The molecule has 0 aromatic carbocycles. The molecule has 1 saturated heterocycles. The molecule has 0 spiro atoms. The standard InChI is InChI=1S/C13H21N3O2S/c1-9(11-7-19-10(2)16-11)15-12(17)13(8-14)3-5-18-6-4-13/h7,9H,3-6,8,14H2,1-2H3,(H,15,17). The van der Waals surface area contributed by atoms with E-state index in [-0.39, 0.29) is 11.9 Å². The number of hydrogen-bond donors (Lipinski definition) is 2. The van der Waals surface area contributed by atoms with Crippen LogP contribution in [0.2, 0.25) is 0 Å². The van der Waals surface area contributed by atoms with Crippen molar-refractivity contribution in [3.8, 4) is 0 Å². The van der Waals surface area contributed by atoms with Crippen LogP contribution in [-0.2, 0) is 9.53 Å². The van der Waals surface area contributed by atoms with Gasteiger partial charge in [0.05, 0.1) is 22.2 Å². The average molecular weight is 283 g/mol. The topological polar surface area (TPSA) is 77.2 Å². The van der Waals surface area contributed by atoms with E-state index in [1.165, 1.54) is 0 Å². The molecule has 1 aromatic heterocycles. The van der Waals surface area contributed by atoms with Crippen LogP contribution in [0.3, 0.4) is 0 Å². The smallest absolute Gasteiger partial charge is 0.228 e. The maximum absolute atomic E-state index is 12.5. The third-order valence-corrected chi connectivity index (χ3v) is 4.54. The molecule has 1 aromatic rings. The summed E-state index contributed by atoms with van der Waals surface area (Å²) < 4.78 is 5.32. The Kier molecular flexibility index (Phi) is 4.54. The normalized spacial score (nSPS) is 19.9. The fraction of sp³-hybridized carbons (Fsp3) is 0.692. The highest BCUT2D eigenvalue weighted by atomic mass is 32.1. The number of carbonyl (C=O) groups excluding carboxylic acids is 1. The van der Waals surface area contributed by atoms with E-state index in [9.17, 15) is 4.79 Å². The van der Waals surface area contributed by atoms with Gasteiger partial charge in [-0.15, -0.1) is 11.3 Å². The molecule has 1 atom stereocenters. The van der Waals surface area contributed by atoms with Crippen molar-refractivity contribution in [2.24, 2.45) is 11.1 Å². The van der Waals surface area contributed by atoms with Crippen LogP contribution >= 0.6 is 11.3 Å². The number of rotatable bonds is 4. The zero-order chi connectivity index (χ0) is 13.9. The summed E-state index contributed by atoms with van der Waals surface area (Å²) in [6, 6.07) is -0.0799. The number of aromatic nitrogens is 1. The first kappa shape index (κ1) is 14.4. The van der Waals surface area contributed by atoms with E-state index < -0.39 is 5.41 Å². The van der Waals surface area contributed by atoms with Crippen molar-refractivity contribution in [1.82, 2.24) is 10.3 Å². The van der Waals surface area contributed by atoms with Crippen LogP contribution in [0.25, 0.3) is 0 Å². The fourth-order valence-electron chi connectivity index (χ4n) is 2.29. The highest BCUT2D eigenvalue weighted by Crippen LogP contribution is 2.30. The van der Waals surface area contributed by atoms with Crippen molar-refractivity contribution in [2.75, 3.05) is 19.8 Å². The van der Waals surface area contributed by atoms with Gasteiger partial charge < -0.3 is 15.8 Å². The number of nitrogens with zero attached hydrogens (tertiary/aromatic N) is 1. The van der Waals surface area contributed by atoms with Gasteiger partial charge >= 0.3 is 0 Å². The number of ether oxygens (including phenoxy) is 1. The molecule has 0 aliphatic carbocycles. The zero-order valence-electron chi connectivity index (χ0n) is 11.4. The van der Waals surface area contributed by atoms with E-state index in [0.717, 1.165) is 10.7 Å². The van der Waals surface area contributed by atoms with Gasteiger partial charge in [-0.3, -0.25) is 4.79 Å². The van der Waals surface area contributed by atoms with Crippen LogP contribution < -0.4 is 11.1 Å². The minimum atomic E-state index is -0.475. The molecule has 0 saturated carbocycles. The molecule has 0 bridgehead atoms. The number of thiazole rings is 1. The van der Waals surface area contributed by atoms with Crippen LogP contribution in [-0.4, -0.2) is 30.6 Å². The lowest BCUT2D eigenvalue weighted by atomic mass is 9.79. The number of hydrogen-bond acceptors (Lipinski definition) is 5. The van der Waals surface area contributed by atoms with Crippen molar-refractivity contribution in [3.05, 3.63) is 16.1 Å². The van der Waals surface area contributed by atoms with Crippen LogP contribution in [0.1, 0.15) is 36.5 Å². The summed E-state index contributed by atoms with van der Waals surface area (Å²) in [6.07, 6.45) is 1.39. The summed E-state index contributed by atoms with van der Waals surface area (Å²) in [4.78, 5) is 16.9. The SMILES string of the molecule is Cc1nc(C(C)NC(=O)C2(CN)CCOCC2)cs1. The van der Waals surface area contributed by atoms with Crippen molar-refractivity contribution in [2.45, 2.75) is 32.7 Å². The maximum Gasteiger partial charge on any atom is 0.228 e. The second-order valence-corrected chi connectivity index (χ2v) is 6.15. The molecule has 6 heteroatoms. The Balaban J connectivity index is 2.03. The predicted molar refractivity (Wildman–Crippen MR) is 74.9 cm³/mol. The highest BCUT2D eigenvalue weighted by molar-refractivity contribution is 7.09. The third kappa shape index (κ3) is 3.13. The number of nitrogens with one attached hydrogen (secondary N) is 1. The van der Waals surface area contributed by atoms with Gasteiger partial charge in [0.1, 0.15) is 0 Å². The van der Waals surface area contributed by atoms with E-state index in [1.54, 1.807) is 11.3 Å². The van der Waals surface area contributed by atoms with E-state index >= 15 is 0 Å². The first-order valence-electron chi connectivity index (χ1n) is 6.58. The van der Waals surface area contributed by atoms with Crippen molar-refractivity contribution in [3.63, 3.8) is 0 Å². The summed E-state index contributed by atoms with van der Waals surface area (Å²) in [6.45, 7) is 5.49. The number of amides is 1. The summed E-state index contributed by atoms with van der Waals surface area (Å²) in [5.74, 6) is 0.0245. The molecule has 2 rings (SSSR count). The molecular weight excluding hydrogens is 262 g/mol. The highest BCUT2D eigenvalue weighted by Gasteiger charge is 2.39. The number of nitrogens with two attached hydrogens (primary N) is 1. The largest absolute Gasteiger partial charge is 0.381 e. The Hall–Kier alpha value is -0.980. The van der Waals surface area contributed by atoms with E-state index in [0.29, 0.717) is 32.6 Å². The van der Waals surface area contributed by atoms with Crippen LogP contribution in [0.5, 0.6) is 0 Å². The Morgan fingerprint density at radius 1 is 1.63 bits per heavy atom. The van der Waals surface area contributed by atoms with Gasteiger partial charge in [-0.2, -0.15) is 0 Å². The Morgan fingerprint density at radius 3 is 2.84 bits per heavy atom. The quantitative estimate of drug-likeness (QED) is 0.875. The maximum atomic E-state index is 12.5. The average Bonchev–Trinajstić information content (AvgIpc) is 2.86. The number of aryl methyl sites for hydroxylation is 1. The molecule has 2 heterocycles. The lowest BCUT2D eigenvalue weighted by Crippen LogP contribution is -2.49. The predicted octanol–water partition coefficient (Wildman–Crippen LogP) is 1.38. The molecule has 1 unspecified atom stereocenters. The van der Waals surface area contributed by atoms with Gasteiger partial charge in [0.25, 0.3) is 0 Å². The Labute approximate surface area is 117 Å². The second kappa shape index (κ2) is 5.98.